The Morgan fingerprint density at radius 2 is 1.94 bits per heavy atom. The minimum atomic E-state index is -3.74. The molecule has 0 fully saturated rings. The molecule has 0 aliphatic rings. The molecule has 0 rings (SSSR count). The summed E-state index contributed by atoms with van der Waals surface area (Å²) in [6, 6.07) is -0.902. The van der Waals surface area contributed by atoms with Crippen molar-refractivity contribution >= 4 is 21.9 Å². The van der Waals surface area contributed by atoms with Crippen molar-refractivity contribution in [2.75, 3.05) is 12.3 Å². The summed E-state index contributed by atoms with van der Waals surface area (Å²) < 4.78 is 24.9. The summed E-state index contributed by atoms with van der Waals surface area (Å²) in [5.74, 6) is -2.16. The zero-order chi connectivity index (χ0) is 13.5. The van der Waals surface area contributed by atoms with Gasteiger partial charge < -0.3 is 10.4 Å². The van der Waals surface area contributed by atoms with Gasteiger partial charge in [0.2, 0.25) is 15.9 Å². The highest BCUT2D eigenvalue weighted by Crippen LogP contribution is 1.93. The number of rotatable bonds is 8. The standard InChI is InChI=1S/C9H18N2O5S/c1-3-5-10-9(14)7(2)11-17(15,16)6-4-8(12)13/h7,11H,3-6H2,1-2H3,(H,10,14)(H,12,13). The average Bonchev–Trinajstić information content (AvgIpc) is 2.22. The van der Waals surface area contributed by atoms with Crippen molar-refractivity contribution in [2.24, 2.45) is 0 Å². The summed E-state index contributed by atoms with van der Waals surface area (Å²) in [5, 5.41) is 10.9. The second kappa shape index (κ2) is 7.23. The predicted octanol–water partition coefficient (Wildman–Crippen LogP) is -0.705. The number of nitrogens with one attached hydrogen (secondary N) is 2. The zero-order valence-corrected chi connectivity index (χ0v) is 10.7. The van der Waals surface area contributed by atoms with Crippen molar-refractivity contribution < 1.29 is 23.1 Å². The third-order valence-corrected chi connectivity index (χ3v) is 3.34. The molecule has 0 aromatic rings. The first-order chi connectivity index (χ1) is 7.78. The molecule has 0 radical (unpaired) electrons. The zero-order valence-electron chi connectivity index (χ0n) is 9.89. The lowest BCUT2D eigenvalue weighted by molar-refractivity contribution is -0.136. The Morgan fingerprint density at radius 3 is 2.41 bits per heavy atom. The van der Waals surface area contributed by atoms with Gasteiger partial charge in [-0.15, -0.1) is 0 Å². The van der Waals surface area contributed by atoms with Crippen LogP contribution in [0.1, 0.15) is 26.7 Å². The van der Waals surface area contributed by atoms with E-state index >= 15 is 0 Å². The molecule has 0 aliphatic heterocycles. The Kier molecular flexibility index (Phi) is 6.74. The predicted molar refractivity (Wildman–Crippen MR) is 61.9 cm³/mol. The van der Waals surface area contributed by atoms with Crippen LogP contribution < -0.4 is 10.0 Å². The van der Waals surface area contributed by atoms with Gasteiger partial charge in [0.15, 0.2) is 0 Å². The van der Waals surface area contributed by atoms with Crippen molar-refractivity contribution in [3.63, 3.8) is 0 Å². The van der Waals surface area contributed by atoms with E-state index in [0.717, 1.165) is 6.42 Å². The maximum absolute atomic E-state index is 11.4. The molecule has 1 unspecified atom stereocenters. The SMILES string of the molecule is CCCNC(=O)C(C)NS(=O)(=O)CCC(=O)O. The van der Waals surface area contributed by atoms with E-state index in [9.17, 15) is 18.0 Å². The number of carbonyl (C=O) groups excluding carboxylic acids is 1. The number of carbonyl (C=O) groups is 2. The molecule has 0 saturated heterocycles. The Balaban J connectivity index is 4.21. The summed E-state index contributed by atoms with van der Waals surface area (Å²) in [5.41, 5.74) is 0. The van der Waals surface area contributed by atoms with E-state index in [0.29, 0.717) is 6.54 Å². The molecule has 0 aliphatic carbocycles. The van der Waals surface area contributed by atoms with Gasteiger partial charge in [0.25, 0.3) is 0 Å². The summed E-state index contributed by atoms with van der Waals surface area (Å²) in [7, 11) is -3.74. The molecule has 0 spiro atoms. The van der Waals surface area contributed by atoms with Crippen LogP contribution >= 0.6 is 0 Å². The first-order valence-electron chi connectivity index (χ1n) is 5.28. The maximum atomic E-state index is 11.4. The Morgan fingerprint density at radius 1 is 1.35 bits per heavy atom. The molecular weight excluding hydrogens is 248 g/mol. The Bertz CT molecular complexity index is 366. The fourth-order valence-electron chi connectivity index (χ4n) is 1.00. The highest BCUT2D eigenvalue weighted by atomic mass is 32.2. The number of hydrogen-bond donors (Lipinski definition) is 3. The number of carboxylic acids is 1. The summed E-state index contributed by atoms with van der Waals surface area (Å²) in [4.78, 5) is 21.6. The van der Waals surface area contributed by atoms with Crippen LogP contribution in [0.5, 0.6) is 0 Å². The van der Waals surface area contributed by atoms with Crippen LogP contribution in [0.4, 0.5) is 0 Å². The van der Waals surface area contributed by atoms with Crippen LogP contribution in [0.25, 0.3) is 0 Å². The molecule has 0 heterocycles. The lowest BCUT2D eigenvalue weighted by Crippen LogP contribution is -2.45. The minimum absolute atomic E-state index is 0.425. The van der Waals surface area contributed by atoms with Crippen molar-refractivity contribution in [3.8, 4) is 0 Å². The van der Waals surface area contributed by atoms with Crippen LogP contribution in [0, 0.1) is 0 Å². The van der Waals surface area contributed by atoms with Gasteiger partial charge in [-0.1, -0.05) is 6.92 Å². The fourth-order valence-corrected chi connectivity index (χ4v) is 2.21. The average molecular weight is 266 g/mol. The molecule has 0 saturated carbocycles. The van der Waals surface area contributed by atoms with Gasteiger partial charge in [0.05, 0.1) is 18.2 Å². The third-order valence-electron chi connectivity index (χ3n) is 1.88. The molecule has 0 aromatic carbocycles. The molecule has 0 bridgehead atoms. The van der Waals surface area contributed by atoms with E-state index in [1.807, 2.05) is 6.92 Å². The van der Waals surface area contributed by atoms with Crippen LogP contribution in [-0.2, 0) is 19.6 Å². The first kappa shape index (κ1) is 15.9. The first-order valence-corrected chi connectivity index (χ1v) is 6.93. The van der Waals surface area contributed by atoms with E-state index in [1.54, 1.807) is 0 Å². The highest BCUT2D eigenvalue weighted by Gasteiger charge is 2.20. The van der Waals surface area contributed by atoms with Gasteiger partial charge in [0, 0.05) is 6.54 Å². The second-order valence-corrected chi connectivity index (χ2v) is 5.47. The Hall–Kier alpha value is -1.15. The number of hydrogen-bond acceptors (Lipinski definition) is 4. The lowest BCUT2D eigenvalue weighted by atomic mass is 10.3. The molecule has 1 amide bonds. The minimum Gasteiger partial charge on any atom is -0.481 e. The smallest absolute Gasteiger partial charge is 0.304 e. The normalized spacial score (nSPS) is 13.1. The van der Waals surface area contributed by atoms with Crippen molar-refractivity contribution in [1.29, 1.82) is 0 Å². The van der Waals surface area contributed by atoms with E-state index in [4.69, 9.17) is 5.11 Å². The molecule has 17 heavy (non-hydrogen) atoms. The van der Waals surface area contributed by atoms with Crippen LogP contribution in [0.3, 0.4) is 0 Å². The van der Waals surface area contributed by atoms with Gasteiger partial charge in [-0.05, 0) is 13.3 Å². The van der Waals surface area contributed by atoms with Gasteiger partial charge in [-0.3, -0.25) is 9.59 Å². The molecular formula is C9H18N2O5S. The van der Waals surface area contributed by atoms with Crippen molar-refractivity contribution in [1.82, 2.24) is 10.0 Å². The van der Waals surface area contributed by atoms with E-state index in [2.05, 4.69) is 10.0 Å². The molecule has 8 heteroatoms. The summed E-state index contributed by atoms with van der Waals surface area (Å²) in [6.07, 6.45) is 0.267. The van der Waals surface area contributed by atoms with Crippen LogP contribution in [-0.4, -0.2) is 43.7 Å². The number of sulfonamides is 1. The molecule has 1 atom stereocenters. The summed E-state index contributed by atoms with van der Waals surface area (Å²) in [6.45, 7) is 3.76. The fraction of sp³-hybridized carbons (Fsp3) is 0.778. The van der Waals surface area contributed by atoms with E-state index in [1.165, 1.54) is 6.92 Å². The number of carboxylic acid groups (broad SMARTS) is 1. The maximum Gasteiger partial charge on any atom is 0.304 e. The summed E-state index contributed by atoms with van der Waals surface area (Å²) >= 11 is 0. The van der Waals surface area contributed by atoms with Crippen molar-refractivity contribution in [2.45, 2.75) is 32.7 Å². The number of aliphatic carboxylic acids is 1. The van der Waals surface area contributed by atoms with E-state index < -0.39 is 40.1 Å². The molecule has 100 valence electrons. The van der Waals surface area contributed by atoms with Crippen molar-refractivity contribution in [3.05, 3.63) is 0 Å². The van der Waals surface area contributed by atoms with Crippen LogP contribution in [0.2, 0.25) is 0 Å². The van der Waals surface area contributed by atoms with Gasteiger partial charge >= 0.3 is 5.97 Å². The largest absolute Gasteiger partial charge is 0.481 e. The highest BCUT2D eigenvalue weighted by molar-refractivity contribution is 7.89. The monoisotopic (exact) mass is 266 g/mol. The number of amides is 1. The quantitative estimate of drug-likeness (QED) is 0.537. The molecule has 7 nitrogen and oxygen atoms in total. The van der Waals surface area contributed by atoms with Gasteiger partial charge in [0.1, 0.15) is 0 Å². The van der Waals surface area contributed by atoms with Crippen LogP contribution in [0.15, 0.2) is 0 Å². The van der Waals surface area contributed by atoms with Gasteiger partial charge in [-0.25, -0.2) is 13.1 Å². The van der Waals surface area contributed by atoms with Gasteiger partial charge in [-0.2, -0.15) is 0 Å². The molecule has 0 aromatic heterocycles. The Labute approximate surface area is 101 Å². The second-order valence-electron chi connectivity index (χ2n) is 3.59. The lowest BCUT2D eigenvalue weighted by Gasteiger charge is -2.13. The third kappa shape index (κ3) is 7.70. The molecule has 3 N–H and O–H groups in total. The topological polar surface area (TPSA) is 113 Å². The van der Waals surface area contributed by atoms with E-state index in [-0.39, 0.29) is 0 Å².